The molecule has 2 heterocycles. The Morgan fingerprint density at radius 1 is 0.434 bits per heavy atom. The minimum absolute atomic E-state index is 0.257. The van der Waals surface area contributed by atoms with Crippen molar-refractivity contribution < 1.29 is 64.6 Å². The highest BCUT2D eigenvalue weighted by atomic mass is 16.7. The number of ether oxygens (including phenoxy) is 4. The van der Waals surface area contributed by atoms with Gasteiger partial charge in [-0.3, -0.25) is 4.79 Å². The third-order valence-electron chi connectivity index (χ3n) is 16.4. The normalized spacial score (nSPS) is 24.2. The number of amides is 1. The average molecular weight is 1180 g/mol. The van der Waals surface area contributed by atoms with Gasteiger partial charge in [0.15, 0.2) is 12.6 Å². The van der Waals surface area contributed by atoms with Crippen LogP contribution in [-0.2, 0) is 23.7 Å². The Morgan fingerprint density at radius 2 is 0.807 bits per heavy atom. The second kappa shape index (κ2) is 53.9. The SMILES string of the molecule is CCCCC/C=C\C/C=C\CCCCCCCCCCCC(=O)NC(COC1OC(CO)C(OC2OC(CO)C(O)C(O)C2O)C(O)C1O)C(O)/C=C/CC/C=C/CC/C=C/CCCCCCCCCCCCCCCCCCCCCC. The number of carbonyl (C=O) groups is 1. The van der Waals surface area contributed by atoms with Crippen LogP contribution in [0.5, 0.6) is 0 Å². The largest absolute Gasteiger partial charge is 0.394 e. The summed E-state index contributed by atoms with van der Waals surface area (Å²) < 4.78 is 22.8. The van der Waals surface area contributed by atoms with Crippen molar-refractivity contribution >= 4 is 5.91 Å². The molecular formula is C69H125NO13. The van der Waals surface area contributed by atoms with Crippen LogP contribution in [0.1, 0.15) is 277 Å². The van der Waals surface area contributed by atoms with Crippen LogP contribution in [0.4, 0.5) is 0 Å². The van der Waals surface area contributed by atoms with E-state index in [0.717, 1.165) is 57.8 Å². The molecule has 2 aliphatic heterocycles. The van der Waals surface area contributed by atoms with Crippen LogP contribution in [0.2, 0.25) is 0 Å². The van der Waals surface area contributed by atoms with Crippen molar-refractivity contribution in [3.05, 3.63) is 60.8 Å². The summed E-state index contributed by atoms with van der Waals surface area (Å²) in [5, 5.41) is 87.3. The quantitative estimate of drug-likeness (QED) is 0.0204. The van der Waals surface area contributed by atoms with E-state index < -0.39 is 86.8 Å². The smallest absolute Gasteiger partial charge is 0.220 e. The van der Waals surface area contributed by atoms with Crippen LogP contribution >= 0.6 is 0 Å². The summed E-state index contributed by atoms with van der Waals surface area (Å²) in [5.74, 6) is -0.257. The number of nitrogens with one attached hydrogen (secondary N) is 1. The highest BCUT2D eigenvalue weighted by molar-refractivity contribution is 5.76. The lowest BCUT2D eigenvalue weighted by molar-refractivity contribution is -0.359. The van der Waals surface area contributed by atoms with Crippen molar-refractivity contribution in [2.75, 3.05) is 19.8 Å². The molecule has 2 aliphatic rings. The van der Waals surface area contributed by atoms with Crippen molar-refractivity contribution in [2.45, 2.75) is 351 Å². The molecule has 0 saturated carbocycles. The van der Waals surface area contributed by atoms with Gasteiger partial charge in [0, 0.05) is 6.42 Å². The lowest BCUT2D eigenvalue weighted by atomic mass is 9.97. The molecule has 0 aromatic rings. The molecule has 9 N–H and O–H groups in total. The molecule has 0 spiro atoms. The molecule has 14 heteroatoms. The van der Waals surface area contributed by atoms with Crippen LogP contribution in [0, 0.1) is 0 Å². The minimum Gasteiger partial charge on any atom is -0.394 e. The molecule has 2 fully saturated rings. The van der Waals surface area contributed by atoms with Gasteiger partial charge in [0.2, 0.25) is 5.91 Å². The number of aliphatic hydroxyl groups is 8. The fourth-order valence-electron chi connectivity index (χ4n) is 10.9. The van der Waals surface area contributed by atoms with Gasteiger partial charge in [0.1, 0.15) is 48.8 Å². The van der Waals surface area contributed by atoms with Gasteiger partial charge in [0.25, 0.3) is 0 Å². The van der Waals surface area contributed by atoms with Gasteiger partial charge in [0.05, 0.1) is 32.0 Å². The summed E-state index contributed by atoms with van der Waals surface area (Å²) >= 11 is 0. The van der Waals surface area contributed by atoms with Gasteiger partial charge in [-0.1, -0.05) is 254 Å². The van der Waals surface area contributed by atoms with Crippen LogP contribution < -0.4 is 5.32 Å². The van der Waals surface area contributed by atoms with E-state index in [1.165, 1.54) is 186 Å². The van der Waals surface area contributed by atoms with Crippen LogP contribution in [-0.4, -0.2) is 140 Å². The van der Waals surface area contributed by atoms with Gasteiger partial charge in [-0.2, -0.15) is 0 Å². The van der Waals surface area contributed by atoms with Gasteiger partial charge >= 0.3 is 0 Å². The number of rotatable bonds is 55. The van der Waals surface area contributed by atoms with E-state index in [1.54, 1.807) is 6.08 Å². The molecule has 83 heavy (non-hydrogen) atoms. The summed E-state index contributed by atoms with van der Waals surface area (Å²) in [5.41, 5.74) is 0. The Labute approximate surface area is 505 Å². The maximum absolute atomic E-state index is 13.3. The second-order valence-electron chi connectivity index (χ2n) is 23.9. The van der Waals surface area contributed by atoms with Crippen molar-refractivity contribution in [2.24, 2.45) is 0 Å². The lowest BCUT2D eigenvalue weighted by Crippen LogP contribution is -2.65. The number of hydrogen-bond acceptors (Lipinski definition) is 13. The number of allylic oxidation sites excluding steroid dienone is 9. The van der Waals surface area contributed by atoms with E-state index in [0.29, 0.717) is 12.8 Å². The highest BCUT2D eigenvalue weighted by Gasteiger charge is 2.51. The van der Waals surface area contributed by atoms with Gasteiger partial charge < -0.3 is 65.1 Å². The molecule has 12 unspecified atom stereocenters. The van der Waals surface area contributed by atoms with Crippen LogP contribution in [0.3, 0.4) is 0 Å². The Balaban J connectivity index is 1.72. The Kier molecular flexibility index (Phi) is 49.9. The molecule has 1 amide bonds. The molecule has 12 atom stereocenters. The van der Waals surface area contributed by atoms with Gasteiger partial charge in [-0.15, -0.1) is 0 Å². The first kappa shape index (κ1) is 76.8. The molecule has 0 bridgehead atoms. The Bertz CT molecular complexity index is 1620. The fourth-order valence-corrected chi connectivity index (χ4v) is 10.9. The van der Waals surface area contributed by atoms with E-state index in [2.05, 4.69) is 67.8 Å². The third-order valence-corrected chi connectivity index (χ3v) is 16.4. The maximum Gasteiger partial charge on any atom is 0.220 e. The molecule has 2 rings (SSSR count). The summed E-state index contributed by atoms with van der Waals surface area (Å²) in [4.78, 5) is 13.3. The molecule has 484 valence electrons. The summed E-state index contributed by atoms with van der Waals surface area (Å²) in [7, 11) is 0. The first-order valence-electron chi connectivity index (χ1n) is 34.0. The number of hydrogen-bond donors (Lipinski definition) is 9. The fraction of sp³-hybridized carbons (Fsp3) is 0.841. The van der Waals surface area contributed by atoms with E-state index in [1.807, 2.05) is 6.08 Å². The van der Waals surface area contributed by atoms with Crippen molar-refractivity contribution in [1.29, 1.82) is 0 Å². The first-order valence-corrected chi connectivity index (χ1v) is 34.0. The number of aliphatic hydroxyl groups excluding tert-OH is 8. The molecule has 0 aromatic carbocycles. The minimum atomic E-state index is -1.80. The van der Waals surface area contributed by atoms with E-state index in [9.17, 15) is 45.6 Å². The number of carbonyl (C=O) groups excluding carboxylic acids is 1. The number of unbranched alkanes of at least 4 members (excludes halogenated alkanes) is 34. The topological polar surface area (TPSA) is 228 Å². The zero-order valence-electron chi connectivity index (χ0n) is 52.4. The first-order chi connectivity index (χ1) is 40.6. The molecule has 2 saturated heterocycles. The molecule has 0 aromatic heterocycles. The zero-order chi connectivity index (χ0) is 60.2. The second-order valence-corrected chi connectivity index (χ2v) is 23.9. The molecule has 0 radical (unpaired) electrons. The molecule has 0 aliphatic carbocycles. The van der Waals surface area contributed by atoms with Crippen molar-refractivity contribution in [1.82, 2.24) is 5.32 Å². The van der Waals surface area contributed by atoms with E-state index in [-0.39, 0.29) is 18.9 Å². The molecule has 14 nitrogen and oxygen atoms in total. The van der Waals surface area contributed by atoms with Crippen LogP contribution in [0.15, 0.2) is 60.8 Å². The maximum atomic E-state index is 13.3. The van der Waals surface area contributed by atoms with E-state index in [4.69, 9.17) is 18.9 Å². The summed E-state index contributed by atoms with van der Waals surface area (Å²) in [6, 6.07) is -0.944. The van der Waals surface area contributed by atoms with Crippen molar-refractivity contribution in [3.63, 3.8) is 0 Å². The molecular weight excluding hydrogens is 1050 g/mol. The predicted molar refractivity (Wildman–Crippen MR) is 337 cm³/mol. The highest BCUT2D eigenvalue weighted by Crippen LogP contribution is 2.30. The van der Waals surface area contributed by atoms with Crippen LogP contribution in [0.25, 0.3) is 0 Å². The summed E-state index contributed by atoms with van der Waals surface area (Å²) in [6.45, 7) is 2.77. The van der Waals surface area contributed by atoms with Crippen molar-refractivity contribution in [3.8, 4) is 0 Å². The van der Waals surface area contributed by atoms with Gasteiger partial charge in [-0.25, -0.2) is 0 Å². The zero-order valence-corrected chi connectivity index (χ0v) is 52.4. The predicted octanol–water partition coefficient (Wildman–Crippen LogP) is 13.3. The van der Waals surface area contributed by atoms with E-state index >= 15 is 0 Å². The summed E-state index contributed by atoms with van der Waals surface area (Å²) in [6.07, 6.45) is 54.2. The Hall–Kier alpha value is -2.31. The third kappa shape index (κ3) is 38.6. The Morgan fingerprint density at radius 3 is 1.28 bits per heavy atom. The lowest BCUT2D eigenvalue weighted by Gasteiger charge is -2.46. The van der Waals surface area contributed by atoms with Gasteiger partial charge in [-0.05, 0) is 77.0 Å². The average Bonchev–Trinajstić information content (AvgIpc) is 3.64. The monoisotopic (exact) mass is 1180 g/mol. The standard InChI is InChI=1S/C69H125NO13/c1-3-5-7-9-11-13-15-17-19-21-23-24-25-26-27-28-29-30-31-32-33-35-36-38-40-42-44-46-48-50-52-58(73)57(70-61(74)53-51-49-47-45-43-41-39-37-34-22-20-18-16-14-12-10-8-6-4-2)56-80-68-66(79)64(77)67(60(55-72)82-68)83-69-65(78)63(76)62(75)59(54-71)81-69/h12,14,18,20,35-36,42,44,50,52,57-60,62-69,71-73,75-79H,3-11,13,15-17,19,21-34,37-41,43,45-49,51,53-56H2,1-2H3,(H,70,74)/b14-12-,20-18-,36-35+,44-42+,52-50+.